The highest BCUT2D eigenvalue weighted by Gasteiger charge is 2.23. The van der Waals surface area contributed by atoms with Gasteiger partial charge in [0.1, 0.15) is 5.78 Å². The summed E-state index contributed by atoms with van der Waals surface area (Å²) in [5.41, 5.74) is 2.14. The van der Waals surface area contributed by atoms with Crippen molar-refractivity contribution < 1.29 is 14.7 Å². The Bertz CT molecular complexity index is 545. The molecule has 0 radical (unpaired) electrons. The van der Waals surface area contributed by atoms with Gasteiger partial charge >= 0.3 is 5.97 Å². The first-order valence-corrected chi connectivity index (χ1v) is 9.02. The standard InChI is InChI=1S/C20H29NO3/c1-15(2)19(22)12-16-8-10-17(11-9-16)13-21(14-20(23)24)18-6-4-3-5-7-18/h8-11,15,18H,3-7,12-14H2,1-2H3,(H,23,24). The van der Waals surface area contributed by atoms with Crippen LogP contribution in [0.1, 0.15) is 57.1 Å². The Morgan fingerprint density at radius 1 is 1.08 bits per heavy atom. The lowest BCUT2D eigenvalue weighted by molar-refractivity contribution is -0.139. The normalized spacial score (nSPS) is 15.8. The summed E-state index contributed by atoms with van der Waals surface area (Å²) in [6, 6.07) is 8.42. The van der Waals surface area contributed by atoms with Gasteiger partial charge in [0.15, 0.2) is 0 Å². The molecule has 1 aliphatic rings. The number of ketones is 1. The van der Waals surface area contributed by atoms with Crippen molar-refractivity contribution in [2.75, 3.05) is 6.54 Å². The Balaban J connectivity index is 2.00. The molecule has 24 heavy (non-hydrogen) atoms. The van der Waals surface area contributed by atoms with Gasteiger partial charge in [-0.1, -0.05) is 57.4 Å². The molecule has 132 valence electrons. The summed E-state index contributed by atoms with van der Waals surface area (Å²) in [5, 5.41) is 9.21. The van der Waals surface area contributed by atoms with Crippen molar-refractivity contribution in [3.05, 3.63) is 35.4 Å². The molecule has 0 spiro atoms. The molecule has 0 heterocycles. The van der Waals surface area contributed by atoms with Crippen molar-refractivity contribution in [2.24, 2.45) is 5.92 Å². The minimum absolute atomic E-state index is 0.0574. The maximum absolute atomic E-state index is 11.8. The van der Waals surface area contributed by atoms with Crippen molar-refractivity contribution in [1.29, 1.82) is 0 Å². The second-order valence-corrected chi connectivity index (χ2v) is 7.20. The van der Waals surface area contributed by atoms with Gasteiger partial charge in [0.2, 0.25) is 0 Å². The Morgan fingerprint density at radius 2 is 1.67 bits per heavy atom. The number of nitrogens with zero attached hydrogens (tertiary/aromatic N) is 1. The largest absolute Gasteiger partial charge is 0.480 e. The highest BCUT2D eigenvalue weighted by Crippen LogP contribution is 2.24. The van der Waals surface area contributed by atoms with Gasteiger partial charge in [0.25, 0.3) is 0 Å². The molecular formula is C20H29NO3. The number of hydrogen-bond donors (Lipinski definition) is 1. The van der Waals surface area contributed by atoms with Crippen LogP contribution < -0.4 is 0 Å². The molecule has 4 heteroatoms. The quantitative estimate of drug-likeness (QED) is 0.789. The summed E-state index contributed by atoms with van der Waals surface area (Å²) >= 11 is 0. The van der Waals surface area contributed by atoms with Crippen LogP contribution in [0.5, 0.6) is 0 Å². The monoisotopic (exact) mass is 331 g/mol. The summed E-state index contributed by atoms with van der Waals surface area (Å²) in [7, 11) is 0. The van der Waals surface area contributed by atoms with E-state index in [1.165, 1.54) is 19.3 Å². The molecule has 1 N–H and O–H groups in total. The number of hydrogen-bond acceptors (Lipinski definition) is 3. The molecule has 0 aromatic heterocycles. The van der Waals surface area contributed by atoms with E-state index in [2.05, 4.69) is 4.90 Å². The number of rotatable bonds is 8. The van der Waals surface area contributed by atoms with Gasteiger partial charge in [0.05, 0.1) is 6.54 Å². The van der Waals surface area contributed by atoms with Gasteiger partial charge < -0.3 is 5.11 Å². The van der Waals surface area contributed by atoms with Gasteiger partial charge in [-0.2, -0.15) is 0 Å². The van der Waals surface area contributed by atoms with Gasteiger partial charge in [-0.25, -0.2) is 0 Å². The molecule has 1 aliphatic carbocycles. The highest BCUT2D eigenvalue weighted by molar-refractivity contribution is 5.82. The molecule has 2 rings (SSSR count). The van der Waals surface area contributed by atoms with E-state index in [-0.39, 0.29) is 18.2 Å². The lowest BCUT2D eigenvalue weighted by Crippen LogP contribution is -2.39. The zero-order valence-corrected chi connectivity index (χ0v) is 14.8. The summed E-state index contributed by atoms with van der Waals surface area (Å²) in [6.45, 7) is 4.60. The third-order valence-corrected chi connectivity index (χ3v) is 4.86. The first-order valence-electron chi connectivity index (χ1n) is 9.02. The van der Waals surface area contributed by atoms with Crippen LogP contribution in [0, 0.1) is 5.92 Å². The molecule has 0 bridgehead atoms. The van der Waals surface area contributed by atoms with Crippen LogP contribution in [-0.4, -0.2) is 34.3 Å². The maximum atomic E-state index is 11.8. The van der Waals surface area contributed by atoms with Crippen LogP contribution in [0.25, 0.3) is 0 Å². The smallest absolute Gasteiger partial charge is 0.317 e. The maximum Gasteiger partial charge on any atom is 0.317 e. The minimum atomic E-state index is -0.764. The van der Waals surface area contributed by atoms with Gasteiger partial charge in [0, 0.05) is 24.9 Å². The van der Waals surface area contributed by atoms with Gasteiger partial charge in [-0.15, -0.1) is 0 Å². The average molecular weight is 331 g/mol. The Hall–Kier alpha value is -1.68. The predicted octanol–water partition coefficient (Wildman–Crippen LogP) is 3.67. The summed E-state index contributed by atoms with van der Waals surface area (Å²) in [6.07, 6.45) is 6.30. The van der Waals surface area contributed by atoms with Crippen LogP contribution in [0.2, 0.25) is 0 Å². The van der Waals surface area contributed by atoms with E-state index in [9.17, 15) is 14.7 Å². The Kier molecular flexibility index (Phi) is 6.98. The van der Waals surface area contributed by atoms with E-state index >= 15 is 0 Å². The molecule has 1 saturated carbocycles. The topological polar surface area (TPSA) is 57.6 Å². The number of carboxylic acids is 1. The lowest BCUT2D eigenvalue weighted by atomic mass is 9.93. The molecule has 0 aliphatic heterocycles. The number of benzene rings is 1. The van der Waals surface area contributed by atoms with Crippen molar-refractivity contribution in [2.45, 2.75) is 65.0 Å². The molecule has 1 fully saturated rings. The first kappa shape index (κ1) is 18.7. The van der Waals surface area contributed by atoms with Gasteiger partial charge in [-0.05, 0) is 24.0 Å². The van der Waals surface area contributed by atoms with Crippen LogP contribution in [0.15, 0.2) is 24.3 Å². The number of carbonyl (C=O) groups is 2. The van der Waals surface area contributed by atoms with Crippen LogP contribution in [0.4, 0.5) is 0 Å². The average Bonchev–Trinajstić information content (AvgIpc) is 2.56. The second kappa shape index (κ2) is 8.97. The zero-order valence-electron chi connectivity index (χ0n) is 14.8. The SMILES string of the molecule is CC(C)C(=O)Cc1ccc(CN(CC(=O)O)C2CCCCC2)cc1. The number of aliphatic carboxylic acids is 1. The molecule has 0 amide bonds. The van der Waals surface area contributed by atoms with E-state index in [1.807, 2.05) is 38.1 Å². The van der Waals surface area contributed by atoms with E-state index in [1.54, 1.807) is 0 Å². The molecule has 1 aromatic rings. The fourth-order valence-corrected chi connectivity index (χ4v) is 3.34. The van der Waals surface area contributed by atoms with E-state index < -0.39 is 5.97 Å². The molecule has 4 nitrogen and oxygen atoms in total. The molecular weight excluding hydrogens is 302 g/mol. The molecule has 0 saturated heterocycles. The first-order chi connectivity index (χ1) is 11.5. The summed E-state index contributed by atoms with van der Waals surface area (Å²) < 4.78 is 0. The number of carboxylic acid groups (broad SMARTS) is 1. The second-order valence-electron chi connectivity index (χ2n) is 7.20. The lowest BCUT2D eigenvalue weighted by Gasteiger charge is -2.33. The van der Waals surface area contributed by atoms with Crippen molar-refractivity contribution >= 4 is 11.8 Å². The van der Waals surface area contributed by atoms with Crippen LogP contribution in [0.3, 0.4) is 0 Å². The minimum Gasteiger partial charge on any atom is -0.480 e. The fourth-order valence-electron chi connectivity index (χ4n) is 3.34. The van der Waals surface area contributed by atoms with E-state index in [4.69, 9.17) is 0 Å². The van der Waals surface area contributed by atoms with Gasteiger partial charge in [-0.3, -0.25) is 14.5 Å². The van der Waals surface area contributed by atoms with Crippen LogP contribution >= 0.6 is 0 Å². The molecule has 0 atom stereocenters. The Morgan fingerprint density at radius 3 is 2.21 bits per heavy atom. The van der Waals surface area contributed by atoms with Crippen molar-refractivity contribution in [3.63, 3.8) is 0 Å². The van der Waals surface area contributed by atoms with E-state index in [0.717, 1.165) is 24.0 Å². The third-order valence-electron chi connectivity index (χ3n) is 4.86. The third kappa shape index (κ3) is 5.75. The Labute approximate surface area is 144 Å². The van der Waals surface area contributed by atoms with E-state index in [0.29, 0.717) is 19.0 Å². The summed E-state index contributed by atoms with van der Waals surface area (Å²) in [4.78, 5) is 25.1. The zero-order chi connectivity index (χ0) is 17.5. The molecule has 1 aromatic carbocycles. The van der Waals surface area contributed by atoms with Crippen LogP contribution in [-0.2, 0) is 22.6 Å². The predicted molar refractivity (Wildman–Crippen MR) is 94.9 cm³/mol. The summed E-state index contributed by atoms with van der Waals surface area (Å²) in [5.74, 6) is -0.459. The van der Waals surface area contributed by atoms with Crippen molar-refractivity contribution in [3.8, 4) is 0 Å². The number of carbonyl (C=O) groups excluding carboxylic acids is 1. The fraction of sp³-hybridized carbons (Fsp3) is 0.600. The number of Topliss-reactive ketones (excluding diaryl/α,β-unsaturated/α-hetero) is 1. The highest BCUT2D eigenvalue weighted by atomic mass is 16.4. The molecule has 0 unspecified atom stereocenters. The van der Waals surface area contributed by atoms with Crippen molar-refractivity contribution in [1.82, 2.24) is 4.90 Å².